The molecular weight excluding hydrogens is 336 g/mol. The number of hydrogen-bond donors (Lipinski definition) is 0. The van der Waals surface area contributed by atoms with Gasteiger partial charge in [0.05, 0.1) is 7.11 Å². The van der Waals surface area contributed by atoms with Crippen molar-refractivity contribution in [2.45, 2.75) is 45.1 Å². The van der Waals surface area contributed by atoms with Gasteiger partial charge in [-0.05, 0) is 57.0 Å². The van der Waals surface area contributed by atoms with Gasteiger partial charge in [0.25, 0.3) is 0 Å². The van der Waals surface area contributed by atoms with Crippen LogP contribution in [0, 0.1) is 5.92 Å². The molecular formula is C20H29ClN2O2. The maximum absolute atomic E-state index is 12.8. The molecule has 0 atom stereocenters. The van der Waals surface area contributed by atoms with Gasteiger partial charge in [0, 0.05) is 36.1 Å². The maximum atomic E-state index is 12.8. The van der Waals surface area contributed by atoms with Crippen molar-refractivity contribution in [3.8, 4) is 5.75 Å². The fraction of sp³-hybridized carbons (Fsp3) is 0.650. The number of amides is 1. The molecule has 0 saturated carbocycles. The molecule has 3 rings (SSSR count). The molecule has 2 fully saturated rings. The Morgan fingerprint density at radius 3 is 2.44 bits per heavy atom. The standard InChI is InChI=1S/C20H29ClN2O2/c1-25-19-7-6-18(21)14-17(19)15-22-12-8-16(9-13-22)20(24)23-10-4-2-3-5-11-23/h6-7,14,16H,2-5,8-13,15H2,1H3. The van der Waals surface area contributed by atoms with Gasteiger partial charge in [0.15, 0.2) is 0 Å². The monoisotopic (exact) mass is 364 g/mol. The molecule has 0 spiro atoms. The molecule has 0 unspecified atom stereocenters. The Kier molecular flexibility index (Phi) is 6.60. The Labute approximate surface area is 156 Å². The molecule has 1 amide bonds. The second-order valence-corrected chi connectivity index (χ2v) is 7.68. The van der Waals surface area contributed by atoms with E-state index in [-0.39, 0.29) is 5.92 Å². The Morgan fingerprint density at radius 1 is 1.12 bits per heavy atom. The van der Waals surface area contributed by atoms with Crippen LogP contribution in [0.4, 0.5) is 0 Å². The second kappa shape index (κ2) is 8.91. The number of hydrogen-bond acceptors (Lipinski definition) is 3. The number of rotatable bonds is 4. The van der Waals surface area contributed by atoms with Crippen molar-refractivity contribution < 1.29 is 9.53 Å². The zero-order chi connectivity index (χ0) is 17.6. The maximum Gasteiger partial charge on any atom is 0.225 e. The van der Waals surface area contributed by atoms with Gasteiger partial charge in [0.2, 0.25) is 5.91 Å². The lowest BCUT2D eigenvalue weighted by Crippen LogP contribution is -2.42. The number of nitrogens with zero attached hydrogens (tertiary/aromatic N) is 2. The number of methoxy groups -OCH3 is 1. The summed E-state index contributed by atoms with van der Waals surface area (Å²) < 4.78 is 5.45. The molecule has 2 heterocycles. The Bertz CT molecular complexity index is 577. The molecule has 5 heteroatoms. The van der Waals surface area contributed by atoms with Crippen molar-refractivity contribution in [1.82, 2.24) is 9.80 Å². The third-order valence-electron chi connectivity index (χ3n) is 5.49. The number of carbonyl (C=O) groups excluding carboxylic acids is 1. The first-order valence-corrected chi connectivity index (χ1v) is 9.88. The normalized spacial score (nSPS) is 20.3. The van der Waals surface area contributed by atoms with E-state index in [4.69, 9.17) is 16.3 Å². The third-order valence-corrected chi connectivity index (χ3v) is 5.73. The number of piperidine rings is 1. The minimum atomic E-state index is 0.204. The van der Waals surface area contributed by atoms with Gasteiger partial charge in [-0.25, -0.2) is 0 Å². The first kappa shape index (κ1) is 18.5. The Balaban J connectivity index is 1.53. The minimum Gasteiger partial charge on any atom is -0.496 e. The quantitative estimate of drug-likeness (QED) is 0.810. The summed E-state index contributed by atoms with van der Waals surface area (Å²) in [7, 11) is 1.69. The largest absolute Gasteiger partial charge is 0.496 e. The molecule has 0 radical (unpaired) electrons. The number of likely N-dealkylation sites (tertiary alicyclic amines) is 2. The minimum absolute atomic E-state index is 0.204. The highest BCUT2D eigenvalue weighted by Gasteiger charge is 2.29. The van der Waals surface area contributed by atoms with Crippen molar-refractivity contribution in [2.24, 2.45) is 5.92 Å². The van der Waals surface area contributed by atoms with Gasteiger partial charge in [0.1, 0.15) is 5.75 Å². The fourth-order valence-electron chi connectivity index (χ4n) is 4.00. The predicted octanol–water partition coefficient (Wildman–Crippen LogP) is 3.96. The number of carbonyl (C=O) groups is 1. The molecule has 0 N–H and O–H groups in total. The predicted molar refractivity (Wildman–Crippen MR) is 101 cm³/mol. The summed E-state index contributed by atoms with van der Waals surface area (Å²) in [5.41, 5.74) is 1.12. The van der Waals surface area contributed by atoms with Gasteiger partial charge >= 0.3 is 0 Å². The van der Waals surface area contributed by atoms with E-state index in [9.17, 15) is 4.79 Å². The molecule has 0 aromatic heterocycles. The number of halogens is 1. The van der Waals surface area contributed by atoms with Crippen molar-refractivity contribution in [3.63, 3.8) is 0 Å². The first-order valence-electron chi connectivity index (χ1n) is 9.51. The molecule has 2 aliphatic heterocycles. The molecule has 0 aliphatic carbocycles. The lowest BCUT2D eigenvalue weighted by atomic mass is 9.94. The lowest BCUT2D eigenvalue weighted by Gasteiger charge is -2.34. The number of benzene rings is 1. The van der Waals surface area contributed by atoms with Gasteiger partial charge in [-0.1, -0.05) is 24.4 Å². The van der Waals surface area contributed by atoms with Crippen molar-refractivity contribution in [3.05, 3.63) is 28.8 Å². The summed E-state index contributed by atoms with van der Waals surface area (Å²) in [6.45, 7) is 4.66. The molecule has 0 bridgehead atoms. The van der Waals surface area contributed by atoms with Crippen LogP contribution in [0.5, 0.6) is 5.75 Å². The van der Waals surface area contributed by atoms with Crippen LogP contribution in [-0.4, -0.2) is 49.0 Å². The third kappa shape index (κ3) is 4.89. The molecule has 2 saturated heterocycles. The molecule has 1 aromatic rings. The van der Waals surface area contributed by atoms with E-state index in [1.165, 1.54) is 25.7 Å². The zero-order valence-corrected chi connectivity index (χ0v) is 15.9. The van der Waals surface area contributed by atoms with E-state index in [2.05, 4.69) is 9.80 Å². The van der Waals surface area contributed by atoms with Gasteiger partial charge in [-0.3, -0.25) is 9.69 Å². The van der Waals surface area contributed by atoms with E-state index < -0.39 is 0 Å². The van der Waals surface area contributed by atoms with Crippen molar-refractivity contribution >= 4 is 17.5 Å². The molecule has 4 nitrogen and oxygen atoms in total. The summed E-state index contributed by atoms with van der Waals surface area (Å²) in [5.74, 6) is 1.48. The topological polar surface area (TPSA) is 32.8 Å². The molecule has 25 heavy (non-hydrogen) atoms. The van der Waals surface area contributed by atoms with Crippen LogP contribution in [0.1, 0.15) is 44.1 Å². The summed E-state index contributed by atoms with van der Waals surface area (Å²) in [6.07, 6.45) is 6.78. The summed E-state index contributed by atoms with van der Waals surface area (Å²) in [4.78, 5) is 17.3. The summed E-state index contributed by atoms with van der Waals surface area (Å²) in [5, 5.41) is 0.738. The van der Waals surface area contributed by atoms with Crippen LogP contribution in [0.3, 0.4) is 0 Å². The molecule has 1 aromatic carbocycles. The van der Waals surface area contributed by atoms with Crippen LogP contribution < -0.4 is 4.74 Å². The van der Waals surface area contributed by atoms with Gasteiger partial charge in [-0.15, -0.1) is 0 Å². The zero-order valence-electron chi connectivity index (χ0n) is 15.2. The van der Waals surface area contributed by atoms with Crippen LogP contribution in [0.2, 0.25) is 5.02 Å². The van der Waals surface area contributed by atoms with Gasteiger partial charge in [-0.2, -0.15) is 0 Å². The van der Waals surface area contributed by atoms with Crippen molar-refractivity contribution in [1.29, 1.82) is 0 Å². The molecule has 2 aliphatic rings. The number of ether oxygens (including phenoxy) is 1. The highest BCUT2D eigenvalue weighted by Crippen LogP contribution is 2.27. The average molecular weight is 365 g/mol. The van der Waals surface area contributed by atoms with Crippen LogP contribution in [0.25, 0.3) is 0 Å². The van der Waals surface area contributed by atoms with E-state index in [1.807, 2.05) is 18.2 Å². The van der Waals surface area contributed by atoms with Crippen molar-refractivity contribution in [2.75, 3.05) is 33.3 Å². The SMILES string of the molecule is COc1ccc(Cl)cc1CN1CCC(C(=O)N2CCCCCC2)CC1. The summed E-state index contributed by atoms with van der Waals surface area (Å²) in [6, 6.07) is 5.76. The second-order valence-electron chi connectivity index (χ2n) is 7.25. The highest BCUT2D eigenvalue weighted by atomic mass is 35.5. The van der Waals surface area contributed by atoms with E-state index in [0.717, 1.165) is 61.9 Å². The Hall–Kier alpha value is -1.26. The smallest absolute Gasteiger partial charge is 0.225 e. The van der Waals surface area contributed by atoms with Crippen LogP contribution in [0.15, 0.2) is 18.2 Å². The fourth-order valence-corrected chi connectivity index (χ4v) is 4.19. The first-order chi connectivity index (χ1) is 12.2. The average Bonchev–Trinajstić information content (AvgIpc) is 2.91. The Morgan fingerprint density at radius 2 is 1.80 bits per heavy atom. The molecule has 138 valence electrons. The summed E-state index contributed by atoms with van der Waals surface area (Å²) >= 11 is 6.13. The lowest BCUT2D eigenvalue weighted by molar-refractivity contribution is -0.137. The highest BCUT2D eigenvalue weighted by molar-refractivity contribution is 6.30. The van der Waals surface area contributed by atoms with Gasteiger partial charge < -0.3 is 9.64 Å². The van der Waals surface area contributed by atoms with E-state index >= 15 is 0 Å². The van der Waals surface area contributed by atoms with Crippen LogP contribution in [-0.2, 0) is 11.3 Å². The van der Waals surface area contributed by atoms with E-state index in [0.29, 0.717) is 5.91 Å². The van der Waals surface area contributed by atoms with Crippen LogP contribution >= 0.6 is 11.6 Å². The van der Waals surface area contributed by atoms with E-state index in [1.54, 1.807) is 7.11 Å².